The van der Waals surface area contributed by atoms with Gasteiger partial charge in [-0.05, 0) is 61.1 Å². The molecule has 0 aliphatic carbocycles. The highest BCUT2D eigenvalue weighted by Gasteiger charge is 2.57. The van der Waals surface area contributed by atoms with Gasteiger partial charge < -0.3 is 43.7 Å². The molecule has 3 aliphatic heterocycles. The summed E-state index contributed by atoms with van der Waals surface area (Å²) in [5.74, 6) is -2.24. The number of esters is 2. The number of aliphatic hydroxyl groups is 1. The SMILES string of the molecule is C#CCO[C@@]1(C)C[C@@H](C)C(=O)[C@H](C)[C@H]2NC(=O)O[C@]2(C)[C@@H](CC)OC(=O)[C@H](C)[C@@H](O)[C@H](C)[C@H]1O[C@@H]1O[C@H](C)C[C@H](N(C)C)[C@H]1OC(C)=O. The number of carbonyl (C=O) groups excluding carboxylic acids is 4. The number of nitrogens with zero attached hydrogens (tertiary/aromatic N) is 1. The minimum Gasteiger partial charge on any atom is -0.458 e. The van der Waals surface area contributed by atoms with Crippen molar-refractivity contribution in [2.24, 2.45) is 23.7 Å². The van der Waals surface area contributed by atoms with Gasteiger partial charge in [-0.25, -0.2) is 4.79 Å². The molecule has 0 spiro atoms. The third kappa shape index (κ3) is 8.33. The molecule has 1 amide bonds. The van der Waals surface area contributed by atoms with Crippen LogP contribution >= 0.6 is 0 Å². The molecule has 0 unspecified atom stereocenters. The van der Waals surface area contributed by atoms with Crippen molar-refractivity contribution in [2.45, 2.75) is 142 Å². The summed E-state index contributed by atoms with van der Waals surface area (Å²) in [6, 6.07) is -1.08. The van der Waals surface area contributed by atoms with Crippen molar-refractivity contribution in [1.29, 1.82) is 0 Å². The van der Waals surface area contributed by atoms with Crippen molar-refractivity contribution >= 4 is 23.8 Å². The fourth-order valence-corrected chi connectivity index (χ4v) is 7.79. The lowest BCUT2D eigenvalue weighted by Crippen LogP contribution is -2.61. The van der Waals surface area contributed by atoms with Gasteiger partial charge in [0, 0.05) is 24.7 Å². The van der Waals surface area contributed by atoms with E-state index < -0.39 is 89.7 Å². The summed E-state index contributed by atoms with van der Waals surface area (Å²) in [4.78, 5) is 54.7. The average molecular weight is 681 g/mol. The van der Waals surface area contributed by atoms with Crippen molar-refractivity contribution in [3.63, 3.8) is 0 Å². The summed E-state index contributed by atoms with van der Waals surface area (Å²) in [7, 11) is 3.75. The van der Waals surface area contributed by atoms with Crippen LogP contribution in [0.4, 0.5) is 4.79 Å². The highest BCUT2D eigenvalue weighted by molar-refractivity contribution is 5.85. The molecule has 13 heteroatoms. The summed E-state index contributed by atoms with van der Waals surface area (Å²) in [6.07, 6.45) is 0.350. The summed E-state index contributed by atoms with van der Waals surface area (Å²) >= 11 is 0. The van der Waals surface area contributed by atoms with Gasteiger partial charge >= 0.3 is 18.0 Å². The number of aliphatic hydroxyl groups excluding tert-OH is 1. The number of cyclic esters (lactones) is 1. The number of hydrogen-bond acceptors (Lipinski definition) is 12. The average Bonchev–Trinajstić information content (AvgIpc) is 3.33. The fourth-order valence-electron chi connectivity index (χ4n) is 7.79. The standard InChI is InChI=1S/C35H56N2O11/c1-13-15-43-34(9)17-18(3)26(39)20(5)29-35(10,48-33(42)36-29)25(14-2)46-31(41)22(7)27(40)21(6)30(34)47-32-28(45-23(8)38)24(37(11)12)16-19(4)44-32/h1,18-22,24-25,27-30,32,40H,14-17H2,2-12H3,(H,36,42)/t18-,19-,20+,21+,22-,24+,25-,27+,28-,29-,30-,32+,34+,35-/m1/s1. The Labute approximate surface area is 285 Å². The predicted octanol–water partition coefficient (Wildman–Crippen LogP) is 2.84. The number of Topliss-reactive ketones (excluding diaryl/α,β-unsaturated/α-hetero) is 1. The molecule has 48 heavy (non-hydrogen) atoms. The smallest absolute Gasteiger partial charge is 0.408 e. The Morgan fingerprint density at radius 1 is 1.12 bits per heavy atom. The van der Waals surface area contributed by atoms with E-state index in [-0.39, 0.29) is 37.4 Å². The number of hydrogen-bond donors (Lipinski definition) is 2. The minimum absolute atomic E-state index is 0.0888. The lowest BCUT2D eigenvalue weighted by molar-refractivity contribution is -0.304. The molecular formula is C35H56N2O11. The molecule has 2 N–H and O–H groups in total. The van der Waals surface area contributed by atoms with Crippen LogP contribution in [0.3, 0.4) is 0 Å². The number of likely N-dealkylation sites (N-methyl/N-ethyl adjacent to an activating group) is 1. The summed E-state index contributed by atoms with van der Waals surface area (Å²) in [5, 5.41) is 14.6. The largest absolute Gasteiger partial charge is 0.458 e. The van der Waals surface area contributed by atoms with Crippen molar-refractivity contribution in [3.05, 3.63) is 0 Å². The molecule has 3 fully saturated rings. The quantitative estimate of drug-likeness (QED) is 0.230. The molecule has 3 heterocycles. The van der Waals surface area contributed by atoms with Crippen LogP contribution in [0.15, 0.2) is 0 Å². The Morgan fingerprint density at radius 2 is 1.77 bits per heavy atom. The van der Waals surface area contributed by atoms with Crippen LogP contribution in [0.2, 0.25) is 0 Å². The Hall–Kier alpha value is -2.76. The first-order valence-corrected chi connectivity index (χ1v) is 16.9. The van der Waals surface area contributed by atoms with E-state index in [4.69, 9.17) is 34.8 Å². The Kier molecular flexibility index (Phi) is 13.1. The molecule has 272 valence electrons. The summed E-state index contributed by atoms with van der Waals surface area (Å²) < 4.78 is 36.8. The number of nitrogens with one attached hydrogen (secondary N) is 1. The van der Waals surface area contributed by atoms with Gasteiger partial charge in [0.2, 0.25) is 0 Å². The Balaban J connectivity index is 2.17. The van der Waals surface area contributed by atoms with E-state index in [0.717, 1.165) is 0 Å². The highest BCUT2D eigenvalue weighted by atomic mass is 16.7. The summed E-state index contributed by atoms with van der Waals surface area (Å²) in [5.41, 5.74) is -2.69. The Morgan fingerprint density at radius 3 is 2.33 bits per heavy atom. The van der Waals surface area contributed by atoms with Crippen LogP contribution in [0.1, 0.15) is 81.6 Å². The number of ketones is 1. The molecule has 0 aromatic carbocycles. The second-order valence-corrected chi connectivity index (χ2v) is 14.5. The van der Waals surface area contributed by atoms with Crippen molar-refractivity contribution in [3.8, 4) is 12.3 Å². The third-order valence-corrected chi connectivity index (χ3v) is 10.4. The highest BCUT2D eigenvalue weighted by Crippen LogP contribution is 2.41. The predicted molar refractivity (Wildman–Crippen MR) is 174 cm³/mol. The molecule has 0 aromatic rings. The number of alkyl carbamates (subject to hydrolysis) is 1. The number of ether oxygens (including phenoxy) is 6. The van der Waals surface area contributed by atoms with E-state index in [0.29, 0.717) is 6.42 Å². The van der Waals surface area contributed by atoms with Gasteiger partial charge in [0.15, 0.2) is 18.0 Å². The molecule has 0 aromatic heterocycles. The number of carbonyl (C=O) groups is 4. The molecule has 3 saturated heterocycles. The lowest BCUT2D eigenvalue weighted by Gasteiger charge is -2.48. The van der Waals surface area contributed by atoms with Crippen molar-refractivity contribution in [2.75, 3.05) is 20.7 Å². The zero-order chi connectivity index (χ0) is 36.3. The van der Waals surface area contributed by atoms with E-state index in [1.165, 1.54) is 6.92 Å². The molecule has 14 atom stereocenters. The topological polar surface area (TPSA) is 159 Å². The van der Waals surface area contributed by atoms with Crippen LogP contribution in [0.25, 0.3) is 0 Å². The first-order chi connectivity index (χ1) is 22.3. The maximum Gasteiger partial charge on any atom is 0.408 e. The van der Waals surface area contributed by atoms with Gasteiger partial charge in [-0.2, -0.15) is 0 Å². The second-order valence-electron chi connectivity index (χ2n) is 14.5. The fraction of sp³-hybridized carbons (Fsp3) is 0.829. The number of amides is 1. The maximum absolute atomic E-state index is 14.2. The third-order valence-electron chi connectivity index (χ3n) is 10.4. The van der Waals surface area contributed by atoms with Gasteiger partial charge in [-0.15, -0.1) is 6.42 Å². The second kappa shape index (κ2) is 15.9. The lowest BCUT2D eigenvalue weighted by atomic mass is 9.73. The summed E-state index contributed by atoms with van der Waals surface area (Å²) in [6.45, 7) is 15.0. The molecule has 0 radical (unpaired) electrons. The maximum atomic E-state index is 14.2. The van der Waals surface area contributed by atoms with Crippen LogP contribution < -0.4 is 5.32 Å². The zero-order valence-electron chi connectivity index (χ0n) is 30.3. The molecular weight excluding hydrogens is 624 g/mol. The van der Waals surface area contributed by atoms with Crippen LogP contribution in [0.5, 0.6) is 0 Å². The van der Waals surface area contributed by atoms with E-state index in [1.807, 2.05) is 25.9 Å². The first kappa shape index (κ1) is 39.7. The van der Waals surface area contributed by atoms with Gasteiger partial charge in [0.1, 0.15) is 18.5 Å². The molecule has 3 rings (SSSR count). The van der Waals surface area contributed by atoms with Gasteiger partial charge in [0.05, 0.1) is 41.9 Å². The van der Waals surface area contributed by atoms with Crippen molar-refractivity contribution < 1.29 is 52.7 Å². The van der Waals surface area contributed by atoms with Crippen LogP contribution in [-0.4, -0.2) is 115 Å². The monoisotopic (exact) mass is 680 g/mol. The number of rotatable bonds is 7. The number of fused-ring (bicyclic) bond motifs is 1. The Bertz CT molecular complexity index is 1220. The van der Waals surface area contributed by atoms with E-state index in [2.05, 4.69) is 11.2 Å². The van der Waals surface area contributed by atoms with Gasteiger partial charge in [0.25, 0.3) is 0 Å². The van der Waals surface area contributed by atoms with Crippen LogP contribution in [-0.2, 0) is 42.8 Å². The van der Waals surface area contributed by atoms with E-state index in [1.54, 1.807) is 48.5 Å². The van der Waals surface area contributed by atoms with Crippen molar-refractivity contribution in [1.82, 2.24) is 10.2 Å². The number of terminal acetylenes is 1. The minimum atomic E-state index is -1.35. The molecule has 0 saturated carbocycles. The molecule has 13 nitrogen and oxygen atoms in total. The van der Waals surface area contributed by atoms with Gasteiger partial charge in [-0.3, -0.25) is 14.4 Å². The van der Waals surface area contributed by atoms with Crippen LogP contribution in [0, 0.1) is 36.0 Å². The first-order valence-electron chi connectivity index (χ1n) is 16.9. The van der Waals surface area contributed by atoms with E-state index in [9.17, 15) is 24.3 Å². The van der Waals surface area contributed by atoms with E-state index >= 15 is 0 Å². The molecule has 3 aliphatic rings. The normalized spacial score (nSPS) is 42.9. The van der Waals surface area contributed by atoms with Gasteiger partial charge in [-0.1, -0.05) is 33.6 Å². The molecule has 0 bridgehead atoms. The zero-order valence-corrected chi connectivity index (χ0v) is 30.3.